The Morgan fingerprint density at radius 1 is 1.19 bits per heavy atom. The number of thiazole rings is 1. The fraction of sp³-hybridized carbons (Fsp3) is 0.444. The van der Waals surface area contributed by atoms with E-state index in [4.69, 9.17) is 0 Å². The van der Waals surface area contributed by atoms with Crippen LogP contribution in [0.4, 0.5) is 10.8 Å². The summed E-state index contributed by atoms with van der Waals surface area (Å²) < 4.78 is 23.0. The number of carbonyl (C=O) groups excluding carboxylic acids is 1. The van der Waals surface area contributed by atoms with Crippen molar-refractivity contribution in [2.24, 2.45) is 5.92 Å². The first-order valence-electron chi connectivity index (χ1n) is 8.73. The smallest absolute Gasteiger partial charge is 0.270 e. The van der Waals surface area contributed by atoms with Gasteiger partial charge in [-0.15, -0.1) is 11.3 Å². The number of rotatable bonds is 6. The van der Waals surface area contributed by atoms with E-state index < -0.39 is 9.84 Å². The molecule has 1 aromatic carbocycles. The Labute approximate surface area is 158 Å². The van der Waals surface area contributed by atoms with E-state index in [0.29, 0.717) is 23.3 Å². The van der Waals surface area contributed by atoms with Crippen LogP contribution in [0.5, 0.6) is 0 Å². The molecular weight excluding hydrogens is 370 g/mol. The van der Waals surface area contributed by atoms with Crippen LogP contribution in [0.2, 0.25) is 0 Å². The first kappa shape index (κ1) is 18.8. The predicted octanol–water partition coefficient (Wildman–Crippen LogP) is 3.60. The van der Waals surface area contributed by atoms with Crippen LogP contribution in [0.15, 0.2) is 34.5 Å². The second kappa shape index (κ2) is 8.18. The normalized spacial score (nSPS) is 15.6. The molecule has 1 saturated carbocycles. The summed E-state index contributed by atoms with van der Waals surface area (Å²) in [5.41, 5.74) is 1.13. The summed E-state index contributed by atoms with van der Waals surface area (Å²) in [4.78, 5) is 16.8. The quantitative estimate of drug-likeness (QED) is 0.783. The molecule has 1 aromatic heterocycles. The summed E-state index contributed by atoms with van der Waals surface area (Å²) in [5, 5.41) is 8.40. The number of nitrogens with zero attached hydrogens (tertiary/aromatic N) is 1. The third-order valence-electron chi connectivity index (χ3n) is 4.55. The highest BCUT2D eigenvalue weighted by molar-refractivity contribution is 7.90. The van der Waals surface area contributed by atoms with Crippen molar-refractivity contribution in [1.82, 2.24) is 10.3 Å². The van der Waals surface area contributed by atoms with Gasteiger partial charge in [0.25, 0.3) is 5.91 Å². The van der Waals surface area contributed by atoms with Gasteiger partial charge in [-0.25, -0.2) is 13.4 Å². The van der Waals surface area contributed by atoms with Crippen molar-refractivity contribution in [3.8, 4) is 0 Å². The van der Waals surface area contributed by atoms with Gasteiger partial charge >= 0.3 is 0 Å². The third kappa shape index (κ3) is 5.04. The molecule has 1 aliphatic carbocycles. The fourth-order valence-electron chi connectivity index (χ4n) is 3.06. The molecule has 0 spiro atoms. The summed E-state index contributed by atoms with van der Waals surface area (Å²) in [6.07, 6.45) is 7.36. The summed E-state index contributed by atoms with van der Waals surface area (Å²) >= 11 is 1.34. The van der Waals surface area contributed by atoms with Crippen LogP contribution in [0, 0.1) is 5.92 Å². The van der Waals surface area contributed by atoms with E-state index in [1.165, 1.54) is 49.7 Å². The molecule has 1 heterocycles. The van der Waals surface area contributed by atoms with Crippen molar-refractivity contribution in [2.75, 3.05) is 18.1 Å². The van der Waals surface area contributed by atoms with Crippen LogP contribution in [0.3, 0.4) is 0 Å². The van der Waals surface area contributed by atoms with E-state index in [-0.39, 0.29) is 10.8 Å². The zero-order chi connectivity index (χ0) is 18.6. The number of hydrogen-bond donors (Lipinski definition) is 2. The SMILES string of the molecule is CS(=O)(=O)c1ccc(Nc2nc(C(=O)NCC3CCCCC3)cs2)cc1. The lowest BCUT2D eigenvalue weighted by molar-refractivity contribution is 0.0939. The molecule has 8 heteroatoms. The maximum Gasteiger partial charge on any atom is 0.270 e. The van der Waals surface area contributed by atoms with Gasteiger partial charge in [-0.3, -0.25) is 4.79 Å². The Bertz CT molecular complexity index is 854. The Hall–Kier alpha value is -1.93. The molecular formula is C18H23N3O3S2. The summed E-state index contributed by atoms with van der Waals surface area (Å²) in [5.74, 6) is 0.435. The van der Waals surface area contributed by atoms with E-state index in [0.717, 1.165) is 5.69 Å². The second-order valence-electron chi connectivity index (χ2n) is 6.67. The lowest BCUT2D eigenvalue weighted by atomic mass is 9.89. The Kier molecular flexibility index (Phi) is 5.93. The highest BCUT2D eigenvalue weighted by atomic mass is 32.2. The first-order chi connectivity index (χ1) is 12.4. The largest absolute Gasteiger partial charge is 0.350 e. The molecule has 0 saturated heterocycles. The molecule has 26 heavy (non-hydrogen) atoms. The van der Waals surface area contributed by atoms with Crippen LogP contribution in [-0.4, -0.2) is 32.1 Å². The van der Waals surface area contributed by atoms with Gasteiger partial charge in [0, 0.05) is 23.9 Å². The van der Waals surface area contributed by atoms with Gasteiger partial charge in [0.1, 0.15) is 5.69 Å². The van der Waals surface area contributed by atoms with E-state index in [2.05, 4.69) is 15.6 Å². The van der Waals surface area contributed by atoms with Gasteiger partial charge in [-0.1, -0.05) is 19.3 Å². The summed E-state index contributed by atoms with van der Waals surface area (Å²) in [6, 6.07) is 6.45. The highest BCUT2D eigenvalue weighted by Crippen LogP contribution is 2.24. The minimum absolute atomic E-state index is 0.146. The fourth-order valence-corrected chi connectivity index (χ4v) is 4.40. The molecule has 0 aliphatic heterocycles. The molecule has 0 atom stereocenters. The molecule has 0 bridgehead atoms. The third-order valence-corrected chi connectivity index (χ3v) is 6.43. The Balaban J connectivity index is 1.56. The molecule has 6 nitrogen and oxygen atoms in total. The van der Waals surface area contributed by atoms with Gasteiger partial charge in [0.05, 0.1) is 4.90 Å². The van der Waals surface area contributed by atoms with Crippen LogP contribution in [0.1, 0.15) is 42.6 Å². The van der Waals surface area contributed by atoms with E-state index in [1.807, 2.05) is 0 Å². The molecule has 1 aliphatic rings. The number of amides is 1. The highest BCUT2D eigenvalue weighted by Gasteiger charge is 2.16. The molecule has 2 N–H and O–H groups in total. The zero-order valence-corrected chi connectivity index (χ0v) is 16.3. The molecule has 3 rings (SSSR count). The van der Waals surface area contributed by atoms with Crippen molar-refractivity contribution < 1.29 is 13.2 Å². The van der Waals surface area contributed by atoms with Gasteiger partial charge < -0.3 is 10.6 Å². The van der Waals surface area contributed by atoms with Crippen LogP contribution >= 0.6 is 11.3 Å². The van der Waals surface area contributed by atoms with Crippen LogP contribution in [0.25, 0.3) is 0 Å². The van der Waals surface area contributed by atoms with Crippen molar-refractivity contribution >= 4 is 37.9 Å². The maximum atomic E-state index is 12.2. The molecule has 0 radical (unpaired) electrons. The number of carbonyl (C=O) groups is 1. The lowest BCUT2D eigenvalue weighted by Crippen LogP contribution is -2.30. The average molecular weight is 394 g/mol. The minimum Gasteiger partial charge on any atom is -0.350 e. The first-order valence-corrected chi connectivity index (χ1v) is 11.5. The maximum absolute atomic E-state index is 12.2. The molecule has 1 fully saturated rings. The number of aromatic nitrogens is 1. The van der Waals surface area contributed by atoms with E-state index >= 15 is 0 Å². The predicted molar refractivity (Wildman–Crippen MR) is 104 cm³/mol. The zero-order valence-electron chi connectivity index (χ0n) is 14.7. The average Bonchev–Trinajstić information content (AvgIpc) is 3.09. The molecule has 140 valence electrons. The molecule has 1 amide bonds. The topological polar surface area (TPSA) is 88.2 Å². The van der Waals surface area contributed by atoms with Crippen molar-refractivity contribution in [3.05, 3.63) is 35.3 Å². The number of hydrogen-bond acceptors (Lipinski definition) is 6. The summed E-state index contributed by atoms with van der Waals surface area (Å²) in [7, 11) is -3.21. The monoisotopic (exact) mass is 393 g/mol. The number of nitrogens with one attached hydrogen (secondary N) is 2. The lowest BCUT2D eigenvalue weighted by Gasteiger charge is -2.21. The Morgan fingerprint density at radius 3 is 2.54 bits per heavy atom. The second-order valence-corrected chi connectivity index (χ2v) is 9.55. The minimum atomic E-state index is -3.21. The number of benzene rings is 1. The standard InChI is InChI=1S/C18H23N3O3S2/c1-26(23,24)15-9-7-14(8-10-15)20-18-21-16(12-25-18)17(22)19-11-13-5-3-2-4-6-13/h7-10,12-13H,2-6,11H2,1H3,(H,19,22)(H,20,21). The van der Waals surface area contributed by atoms with E-state index in [1.54, 1.807) is 29.6 Å². The van der Waals surface area contributed by atoms with Crippen molar-refractivity contribution in [1.29, 1.82) is 0 Å². The Morgan fingerprint density at radius 2 is 1.88 bits per heavy atom. The van der Waals surface area contributed by atoms with Gasteiger partial charge in [0.15, 0.2) is 15.0 Å². The van der Waals surface area contributed by atoms with Gasteiger partial charge in [-0.2, -0.15) is 0 Å². The van der Waals surface area contributed by atoms with Gasteiger partial charge in [-0.05, 0) is 43.0 Å². The number of sulfone groups is 1. The van der Waals surface area contributed by atoms with Crippen LogP contribution < -0.4 is 10.6 Å². The van der Waals surface area contributed by atoms with Gasteiger partial charge in [0.2, 0.25) is 0 Å². The van der Waals surface area contributed by atoms with Crippen LogP contribution in [-0.2, 0) is 9.84 Å². The van der Waals surface area contributed by atoms with E-state index in [9.17, 15) is 13.2 Å². The molecule has 0 unspecified atom stereocenters. The molecule has 2 aromatic rings. The van der Waals surface area contributed by atoms with Crippen molar-refractivity contribution in [3.63, 3.8) is 0 Å². The summed E-state index contributed by atoms with van der Waals surface area (Å²) in [6.45, 7) is 0.714. The number of anilines is 2. The van der Waals surface area contributed by atoms with Crippen molar-refractivity contribution in [2.45, 2.75) is 37.0 Å².